The van der Waals surface area contributed by atoms with Crippen molar-refractivity contribution in [3.05, 3.63) is 33.7 Å². The van der Waals surface area contributed by atoms with Crippen LogP contribution >= 0.6 is 12.2 Å². The third-order valence-corrected chi connectivity index (χ3v) is 3.54. The Bertz CT molecular complexity index is 474. The molecule has 0 radical (unpaired) electrons. The van der Waals surface area contributed by atoms with Crippen molar-refractivity contribution < 1.29 is 0 Å². The molecule has 0 atom stereocenters. The third kappa shape index (κ3) is 2.02. The molecule has 1 fully saturated rings. The molecule has 2 N–H and O–H groups in total. The smallest absolute Gasteiger partial charge is 0.260 e. The summed E-state index contributed by atoms with van der Waals surface area (Å²) in [5.41, 5.74) is 6.93. The van der Waals surface area contributed by atoms with Gasteiger partial charge in [-0.25, -0.2) is 0 Å². The van der Waals surface area contributed by atoms with Crippen LogP contribution in [0.15, 0.2) is 16.9 Å². The summed E-state index contributed by atoms with van der Waals surface area (Å²) in [6.45, 7) is 2.75. The highest BCUT2D eigenvalue weighted by molar-refractivity contribution is 7.80. The minimum Gasteiger partial charge on any atom is -0.389 e. The molecule has 0 unspecified atom stereocenters. The largest absolute Gasteiger partial charge is 0.389 e. The summed E-state index contributed by atoms with van der Waals surface area (Å²) in [7, 11) is 0. The van der Waals surface area contributed by atoms with E-state index in [2.05, 4.69) is 0 Å². The molecule has 1 saturated carbocycles. The number of pyridine rings is 1. The summed E-state index contributed by atoms with van der Waals surface area (Å²) >= 11 is 4.87. The molecule has 1 aliphatic carbocycles. The number of aromatic nitrogens is 1. The van der Waals surface area contributed by atoms with Crippen molar-refractivity contribution in [2.75, 3.05) is 0 Å². The van der Waals surface area contributed by atoms with E-state index in [0.29, 0.717) is 11.5 Å². The van der Waals surface area contributed by atoms with E-state index in [1.807, 2.05) is 13.0 Å². The van der Waals surface area contributed by atoms with Gasteiger partial charge < -0.3 is 10.3 Å². The molecule has 0 saturated heterocycles. The number of hydrogen-bond donors (Lipinski definition) is 1. The van der Waals surface area contributed by atoms with Crippen LogP contribution in [-0.2, 0) is 6.54 Å². The fourth-order valence-corrected chi connectivity index (χ4v) is 2.17. The van der Waals surface area contributed by atoms with E-state index in [4.69, 9.17) is 18.0 Å². The Morgan fingerprint density at radius 3 is 2.75 bits per heavy atom. The first-order valence-corrected chi connectivity index (χ1v) is 6.00. The van der Waals surface area contributed by atoms with Crippen molar-refractivity contribution in [3.63, 3.8) is 0 Å². The second kappa shape index (κ2) is 4.37. The summed E-state index contributed by atoms with van der Waals surface area (Å²) in [4.78, 5) is 12.3. The predicted molar refractivity (Wildman–Crippen MR) is 68.7 cm³/mol. The summed E-state index contributed by atoms with van der Waals surface area (Å²) in [6.07, 6.45) is 3.74. The van der Waals surface area contributed by atoms with Gasteiger partial charge in [-0.1, -0.05) is 18.6 Å². The molecule has 1 aromatic heterocycles. The van der Waals surface area contributed by atoms with Gasteiger partial charge >= 0.3 is 0 Å². The Kier molecular flexibility index (Phi) is 3.10. The average molecular weight is 236 g/mol. The van der Waals surface area contributed by atoms with Gasteiger partial charge in [0.1, 0.15) is 4.99 Å². The fourth-order valence-electron chi connectivity index (χ4n) is 2.02. The van der Waals surface area contributed by atoms with E-state index < -0.39 is 0 Å². The van der Waals surface area contributed by atoms with Crippen LogP contribution in [0.25, 0.3) is 0 Å². The first kappa shape index (κ1) is 11.3. The molecule has 0 aliphatic heterocycles. The highest BCUT2D eigenvalue weighted by atomic mass is 32.1. The molecule has 1 aromatic rings. The van der Waals surface area contributed by atoms with Crippen LogP contribution < -0.4 is 11.3 Å². The Morgan fingerprint density at radius 1 is 1.56 bits per heavy atom. The molecular weight excluding hydrogens is 220 g/mol. The van der Waals surface area contributed by atoms with Crippen LogP contribution in [0.4, 0.5) is 0 Å². The molecule has 86 valence electrons. The zero-order valence-electron chi connectivity index (χ0n) is 9.40. The summed E-state index contributed by atoms with van der Waals surface area (Å²) < 4.78 is 1.80. The van der Waals surface area contributed by atoms with Gasteiger partial charge in [-0.2, -0.15) is 0 Å². The molecule has 0 spiro atoms. The van der Waals surface area contributed by atoms with Gasteiger partial charge in [0.2, 0.25) is 0 Å². The summed E-state index contributed by atoms with van der Waals surface area (Å²) in [5, 5.41) is 0. The van der Waals surface area contributed by atoms with E-state index in [-0.39, 0.29) is 10.5 Å². The van der Waals surface area contributed by atoms with Crippen LogP contribution in [0.2, 0.25) is 0 Å². The number of aryl methyl sites for hydroxylation is 1. The number of nitrogens with zero attached hydrogens (tertiary/aromatic N) is 1. The second-order valence-corrected chi connectivity index (χ2v) is 4.91. The van der Waals surface area contributed by atoms with E-state index >= 15 is 0 Å². The zero-order valence-corrected chi connectivity index (χ0v) is 10.2. The fraction of sp³-hybridized carbons (Fsp3) is 0.500. The molecular formula is C12H16N2OS. The van der Waals surface area contributed by atoms with E-state index in [0.717, 1.165) is 12.2 Å². The lowest BCUT2D eigenvalue weighted by Gasteiger charge is -2.27. The Labute approximate surface area is 100 Å². The van der Waals surface area contributed by atoms with Crippen LogP contribution in [0, 0.1) is 12.8 Å². The molecule has 1 heterocycles. The van der Waals surface area contributed by atoms with Gasteiger partial charge in [-0.3, -0.25) is 4.79 Å². The molecule has 0 amide bonds. The van der Waals surface area contributed by atoms with Crippen LogP contribution in [0.5, 0.6) is 0 Å². The lowest BCUT2D eigenvalue weighted by Crippen LogP contribution is -2.33. The summed E-state index contributed by atoms with van der Waals surface area (Å²) in [6, 6.07) is 3.63. The van der Waals surface area contributed by atoms with E-state index in [9.17, 15) is 4.79 Å². The van der Waals surface area contributed by atoms with Gasteiger partial charge in [0.25, 0.3) is 5.56 Å². The van der Waals surface area contributed by atoms with Crippen molar-refractivity contribution in [3.8, 4) is 0 Å². The molecule has 1 aliphatic rings. The standard InChI is InChI=1S/C12H16N2OS/c1-8-5-6-10(11(13)16)12(15)14(8)7-9-3-2-4-9/h5-6,9H,2-4,7H2,1H3,(H2,13,16). The van der Waals surface area contributed by atoms with Crippen LogP contribution in [-0.4, -0.2) is 9.56 Å². The summed E-state index contributed by atoms with van der Waals surface area (Å²) in [5.74, 6) is 0.651. The number of hydrogen-bond acceptors (Lipinski definition) is 2. The Morgan fingerprint density at radius 2 is 2.25 bits per heavy atom. The third-order valence-electron chi connectivity index (χ3n) is 3.32. The predicted octanol–water partition coefficient (Wildman–Crippen LogP) is 1.59. The number of thiocarbonyl (C=S) groups is 1. The SMILES string of the molecule is Cc1ccc(C(N)=S)c(=O)n1CC1CCC1. The topological polar surface area (TPSA) is 48.0 Å². The van der Waals surface area contributed by atoms with E-state index in [1.165, 1.54) is 19.3 Å². The highest BCUT2D eigenvalue weighted by Gasteiger charge is 2.19. The maximum atomic E-state index is 12.1. The minimum absolute atomic E-state index is 0.0422. The first-order chi connectivity index (χ1) is 7.59. The minimum atomic E-state index is -0.0422. The van der Waals surface area contributed by atoms with Crippen molar-refractivity contribution in [1.29, 1.82) is 0 Å². The van der Waals surface area contributed by atoms with Crippen LogP contribution in [0.3, 0.4) is 0 Å². The van der Waals surface area contributed by atoms with Gasteiger partial charge in [0.15, 0.2) is 0 Å². The number of nitrogens with two attached hydrogens (primary N) is 1. The average Bonchev–Trinajstić information content (AvgIpc) is 2.14. The zero-order chi connectivity index (χ0) is 11.7. The van der Waals surface area contributed by atoms with E-state index in [1.54, 1.807) is 10.6 Å². The van der Waals surface area contributed by atoms with Crippen molar-refractivity contribution in [2.24, 2.45) is 11.7 Å². The Hall–Kier alpha value is -1.16. The molecule has 3 nitrogen and oxygen atoms in total. The van der Waals surface area contributed by atoms with Crippen LogP contribution in [0.1, 0.15) is 30.5 Å². The highest BCUT2D eigenvalue weighted by Crippen LogP contribution is 2.27. The molecule has 2 rings (SSSR count). The molecule has 0 bridgehead atoms. The first-order valence-electron chi connectivity index (χ1n) is 5.60. The molecule has 16 heavy (non-hydrogen) atoms. The van der Waals surface area contributed by atoms with Crippen molar-refractivity contribution in [1.82, 2.24) is 4.57 Å². The van der Waals surface area contributed by atoms with Crippen molar-refractivity contribution in [2.45, 2.75) is 32.7 Å². The maximum Gasteiger partial charge on any atom is 0.260 e. The lowest BCUT2D eigenvalue weighted by atomic mass is 9.85. The maximum absolute atomic E-state index is 12.1. The normalized spacial score (nSPS) is 15.8. The second-order valence-electron chi connectivity index (χ2n) is 4.47. The molecule has 0 aromatic carbocycles. The van der Waals surface area contributed by atoms with Gasteiger partial charge in [-0.15, -0.1) is 0 Å². The molecule has 4 heteroatoms. The van der Waals surface area contributed by atoms with Gasteiger partial charge in [-0.05, 0) is 37.8 Å². The number of rotatable bonds is 3. The lowest BCUT2D eigenvalue weighted by molar-refractivity contribution is 0.272. The van der Waals surface area contributed by atoms with Crippen molar-refractivity contribution >= 4 is 17.2 Å². The Balaban J connectivity index is 2.37. The quantitative estimate of drug-likeness (QED) is 0.811. The van der Waals surface area contributed by atoms with Gasteiger partial charge in [0, 0.05) is 12.2 Å². The monoisotopic (exact) mass is 236 g/mol. The van der Waals surface area contributed by atoms with Gasteiger partial charge in [0.05, 0.1) is 5.56 Å².